The second-order valence-electron chi connectivity index (χ2n) is 7.49. The van der Waals surface area contributed by atoms with Gasteiger partial charge in [0.25, 0.3) is 0 Å². The quantitative estimate of drug-likeness (QED) is 0.443. The van der Waals surface area contributed by atoms with Crippen molar-refractivity contribution in [2.75, 3.05) is 0 Å². The third-order valence-corrected chi connectivity index (χ3v) is 5.58. The van der Waals surface area contributed by atoms with Crippen LogP contribution in [0.1, 0.15) is 79.6 Å². The molecule has 0 aliphatic rings. The molecule has 0 aliphatic heterocycles. The van der Waals surface area contributed by atoms with Gasteiger partial charge in [0.15, 0.2) is 0 Å². The number of rotatable bonds is 7. The molecule has 2 heterocycles. The lowest BCUT2D eigenvalue weighted by atomic mass is 10.1. The van der Waals surface area contributed by atoms with Gasteiger partial charge in [0.05, 0.1) is 5.69 Å². The van der Waals surface area contributed by atoms with Crippen LogP contribution in [0.25, 0.3) is 42.2 Å². The van der Waals surface area contributed by atoms with E-state index in [1.807, 2.05) is 13.0 Å². The minimum absolute atomic E-state index is 1.17. The molecule has 0 unspecified atom stereocenters. The summed E-state index contributed by atoms with van der Waals surface area (Å²) in [5.74, 6) is 0. The molecular formula is C28H36N2. The molecule has 30 heavy (non-hydrogen) atoms. The molecule has 0 aromatic carbocycles. The van der Waals surface area contributed by atoms with E-state index in [1.165, 1.54) is 50.7 Å². The maximum Gasteiger partial charge on any atom is 0.0530 e. The predicted molar refractivity (Wildman–Crippen MR) is 138 cm³/mol. The molecule has 0 fully saturated rings. The van der Waals surface area contributed by atoms with Gasteiger partial charge in [-0.1, -0.05) is 43.0 Å². The van der Waals surface area contributed by atoms with E-state index < -0.39 is 0 Å². The average molecular weight is 401 g/mol. The fourth-order valence-electron chi connectivity index (χ4n) is 4.09. The maximum atomic E-state index is 4.09. The van der Waals surface area contributed by atoms with E-state index in [1.54, 1.807) is 0 Å². The minimum atomic E-state index is 1.17. The van der Waals surface area contributed by atoms with Crippen molar-refractivity contribution in [1.29, 1.82) is 0 Å². The van der Waals surface area contributed by atoms with E-state index in [0.717, 1.165) is 0 Å². The Morgan fingerprint density at radius 3 is 1.80 bits per heavy atom. The summed E-state index contributed by atoms with van der Waals surface area (Å²) >= 11 is 0. The molecule has 0 saturated heterocycles. The predicted octanol–water partition coefficient (Wildman–Crippen LogP) is 8.24. The summed E-state index contributed by atoms with van der Waals surface area (Å²) < 4.78 is 4.60. The van der Waals surface area contributed by atoms with Crippen LogP contribution in [-0.2, 0) is 7.05 Å². The fourth-order valence-corrected chi connectivity index (χ4v) is 4.09. The summed E-state index contributed by atoms with van der Waals surface area (Å²) in [4.78, 5) is 0. The second kappa shape index (κ2) is 10.2. The van der Waals surface area contributed by atoms with Gasteiger partial charge in [0.2, 0.25) is 0 Å². The monoisotopic (exact) mass is 400 g/mol. The summed E-state index contributed by atoms with van der Waals surface area (Å²) in [6.45, 7) is 18.9. The van der Waals surface area contributed by atoms with Gasteiger partial charge in [-0.3, -0.25) is 0 Å². The molecule has 0 saturated carbocycles. The van der Waals surface area contributed by atoms with Crippen LogP contribution in [0.5, 0.6) is 0 Å². The SMILES string of the molecule is C=Cc1c(/C=C(\C)n2c(/C=C\C)c(C)c(/C=C\C)c2/C=C\C)c(C)n(C)c1/C=C\C. The number of hydrogen-bond donors (Lipinski definition) is 0. The molecule has 158 valence electrons. The van der Waals surface area contributed by atoms with Crippen LogP contribution in [-0.4, -0.2) is 9.13 Å². The van der Waals surface area contributed by atoms with Crippen LogP contribution in [0.15, 0.2) is 30.9 Å². The first kappa shape index (κ1) is 23.3. The van der Waals surface area contributed by atoms with Crippen LogP contribution in [0.3, 0.4) is 0 Å². The summed E-state index contributed by atoms with van der Waals surface area (Å²) in [6, 6.07) is 0. The molecule has 0 N–H and O–H groups in total. The van der Waals surface area contributed by atoms with E-state index in [-0.39, 0.29) is 0 Å². The van der Waals surface area contributed by atoms with Crippen molar-refractivity contribution in [3.8, 4) is 0 Å². The Bertz CT molecular complexity index is 1070. The Labute approximate surface area is 182 Å². The number of allylic oxidation sites excluding steroid dienone is 5. The Morgan fingerprint density at radius 1 is 0.733 bits per heavy atom. The van der Waals surface area contributed by atoms with Crippen molar-refractivity contribution >= 4 is 42.2 Å². The van der Waals surface area contributed by atoms with E-state index in [0.29, 0.717) is 0 Å². The molecule has 0 bridgehead atoms. The summed E-state index contributed by atoms with van der Waals surface area (Å²) in [5, 5.41) is 0. The lowest BCUT2D eigenvalue weighted by Gasteiger charge is -2.12. The highest BCUT2D eigenvalue weighted by Gasteiger charge is 2.18. The molecular weight excluding hydrogens is 364 g/mol. The summed E-state index contributed by atoms with van der Waals surface area (Å²) in [7, 11) is 2.12. The molecule has 0 radical (unpaired) electrons. The largest absolute Gasteiger partial charge is 0.347 e. The first-order valence-electron chi connectivity index (χ1n) is 10.6. The van der Waals surface area contributed by atoms with Crippen molar-refractivity contribution in [3.63, 3.8) is 0 Å². The molecule has 2 aromatic rings. The zero-order valence-corrected chi connectivity index (χ0v) is 19.9. The third kappa shape index (κ3) is 4.14. The van der Waals surface area contributed by atoms with Gasteiger partial charge in [-0.05, 0) is 78.3 Å². The smallest absolute Gasteiger partial charge is 0.0530 e. The standard InChI is InChI=1S/C28H36N2/c1-10-15-24-21(7)26(16-11-2)30(28(24)18-13-4)20(6)19-25-22(8)29(9)27(17-12-3)23(25)14-5/h10-19H,5H2,1-4,6-9H3/b15-10-,16-11-,17-12-,18-13-,20-19+. The molecule has 2 heteroatoms. The van der Waals surface area contributed by atoms with Crippen LogP contribution < -0.4 is 0 Å². The van der Waals surface area contributed by atoms with Gasteiger partial charge in [0, 0.05) is 46.5 Å². The van der Waals surface area contributed by atoms with Gasteiger partial charge in [-0.15, -0.1) is 0 Å². The normalized spacial score (nSPS) is 13.1. The maximum absolute atomic E-state index is 4.09. The highest BCUT2D eigenvalue weighted by Crippen LogP contribution is 2.33. The molecule has 2 nitrogen and oxygen atoms in total. The zero-order chi connectivity index (χ0) is 22.4. The molecule has 0 atom stereocenters. The van der Waals surface area contributed by atoms with E-state index >= 15 is 0 Å². The zero-order valence-electron chi connectivity index (χ0n) is 19.9. The lowest BCUT2D eigenvalue weighted by molar-refractivity contribution is 0.869. The Morgan fingerprint density at radius 2 is 1.27 bits per heavy atom. The summed E-state index contributed by atoms with van der Waals surface area (Å²) in [5.41, 5.74) is 11.0. The molecule has 0 spiro atoms. The van der Waals surface area contributed by atoms with E-state index in [2.05, 4.69) is 119 Å². The van der Waals surface area contributed by atoms with E-state index in [4.69, 9.17) is 0 Å². The molecule has 2 aromatic heterocycles. The Balaban J connectivity index is 2.89. The van der Waals surface area contributed by atoms with Crippen LogP contribution >= 0.6 is 0 Å². The van der Waals surface area contributed by atoms with Gasteiger partial charge in [-0.2, -0.15) is 0 Å². The highest BCUT2D eigenvalue weighted by atomic mass is 15.0. The van der Waals surface area contributed by atoms with Gasteiger partial charge in [0.1, 0.15) is 0 Å². The Hall–Kier alpha value is -3.00. The highest BCUT2D eigenvalue weighted by molar-refractivity contribution is 5.84. The van der Waals surface area contributed by atoms with Crippen molar-refractivity contribution in [2.45, 2.75) is 48.5 Å². The molecule has 2 rings (SSSR count). The molecule has 0 aliphatic carbocycles. The number of aromatic nitrogens is 2. The first-order chi connectivity index (χ1) is 14.4. The van der Waals surface area contributed by atoms with Gasteiger partial charge >= 0.3 is 0 Å². The van der Waals surface area contributed by atoms with Crippen LogP contribution in [0.4, 0.5) is 0 Å². The molecule has 0 amide bonds. The van der Waals surface area contributed by atoms with Gasteiger partial charge in [-0.25, -0.2) is 0 Å². The fraction of sp³-hybridized carbons (Fsp3) is 0.286. The third-order valence-electron chi connectivity index (χ3n) is 5.58. The summed E-state index contributed by atoms with van der Waals surface area (Å²) in [6.07, 6.45) is 21.4. The average Bonchev–Trinajstić information content (AvgIpc) is 3.10. The number of hydrogen-bond acceptors (Lipinski definition) is 0. The first-order valence-corrected chi connectivity index (χ1v) is 10.6. The Kier molecular flexibility index (Phi) is 7.88. The minimum Gasteiger partial charge on any atom is -0.347 e. The topological polar surface area (TPSA) is 9.86 Å². The van der Waals surface area contributed by atoms with Crippen LogP contribution in [0, 0.1) is 13.8 Å². The van der Waals surface area contributed by atoms with Crippen molar-refractivity contribution in [1.82, 2.24) is 9.13 Å². The van der Waals surface area contributed by atoms with E-state index in [9.17, 15) is 0 Å². The second-order valence-corrected chi connectivity index (χ2v) is 7.49. The number of nitrogens with zero attached hydrogens (tertiary/aromatic N) is 2. The van der Waals surface area contributed by atoms with Gasteiger partial charge < -0.3 is 9.13 Å². The van der Waals surface area contributed by atoms with Crippen molar-refractivity contribution in [2.24, 2.45) is 7.05 Å². The van der Waals surface area contributed by atoms with Crippen molar-refractivity contribution in [3.05, 3.63) is 75.9 Å². The van der Waals surface area contributed by atoms with Crippen LogP contribution in [0.2, 0.25) is 0 Å². The lowest BCUT2D eigenvalue weighted by Crippen LogP contribution is -2.00. The van der Waals surface area contributed by atoms with Crippen molar-refractivity contribution < 1.29 is 0 Å².